The molecule has 0 aliphatic carbocycles. The maximum atomic E-state index is 7.16. The standard InChI is InChI=1S/C38H43BN2/c1-8-16-34-38(40)36-33(27(6)7)23-30(41(28-17-11-9-12-18-28)29-19-13-10-14-20-29)24-35(36)39(34)37-31(25(2)3)21-15-22-32(37)26(4)5/h8-27H,40H2,1-7H3/b16-8-. The molecule has 1 aliphatic heterocycles. The number of hydrogen-bond acceptors (Lipinski definition) is 2. The maximum absolute atomic E-state index is 7.16. The molecule has 5 rings (SSSR count). The van der Waals surface area contributed by atoms with Gasteiger partial charge in [0.25, 0.3) is 0 Å². The Bertz CT molecular complexity index is 1510. The van der Waals surface area contributed by atoms with Gasteiger partial charge in [0.15, 0.2) is 0 Å². The molecule has 0 radical (unpaired) electrons. The Hall–Kier alpha value is -3.98. The highest BCUT2D eigenvalue weighted by Gasteiger charge is 2.39. The number of benzene rings is 4. The van der Waals surface area contributed by atoms with Gasteiger partial charge in [-0.15, -0.1) is 0 Å². The molecule has 0 spiro atoms. The van der Waals surface area contributed by atoms with Crippen LogP contribution < -0.4 is 21.6 Å². The van der Waals surface area contributed by atoms with Crippen LogP contribution in [0.5, 0.6) is 0 Å². The van der Waals surface area contributed by atoms with Gasteiger partial charge < -0.3 is 10.6 Å². The largest absolute Gasteiger partial charge is 0.399 e. The Balaban J connectivity index is 1.86. The van der Waals surface area contributed by atoms with Crippen molar-refractivity contribution in [2.24, 2.45) is 5.73 Å². The van der Waals surface area contributed by atoms with E-state index in [0.717, 1.165) is 22.8 Å². The molecule has 0 fully saturated rings. The van der Waals surface area contributed by atoms with E-state index in [2.05, 4.69) is 157 Å². The average Bonchev–Trinajstić information content (AvgIpc) is 3.24. The number of nitrogens with zero attached hydrogens (tertiary/aromatic N) is 1. The summed E-state index contributed by atoms with van der Waals surface area (Å²) in [6.45, 7) is 16.0. The van der Waals surface area contributed by atoms with Crippen molar-refractivity contribution in [2.75, 3.05) is 4.90 Å². The van der Waals surface area contributed by atoms with E-state index in [4.69, 9.17) is 5.73 Å². The van der Waals surface area contributed by atoms with E-state index in [1.54, 1.807) is 0 Å². The molecule has 208 valence electrons. The molecule has 0 atom stereocenters. The maximum Gasteiger partial charge on any atom is 0.245 e. The van der Waals surface area contributed by atoms with Gasteiger partial charge in [0.05, 0.1) is 0 Å². The van der Waals surface area contributed by atoms with Crippen molar-refractivity contribution in [1.29, 1.82) is 0 Å². The first-order chi connectivity index (χ1) is 19.7. The molecule has 0 saturated carbocycles. The summed E-state index contributed by atoms with van der Waals surface area (Å²) in [5.41, 5.74) is 20.8. The van der Waals surface area contributed by atoms with Gasteiger partial charge in [0, 0.05) is 22.8 Å². The van der Waals surface area contributed by atoms with Crippen LogP contribution in [0.3, 0.4) is 0 Å². The smallest absolute Gasteiger partial charge is 0.245 e. The molecular weight excluding hydrogens is 495 g/mol. The predicted molar refractivity (Wildman–Crippen MR) is 181 cm³/mol. The molecule has 0 aromatic heterocycles. The van der Waals surface area contributed by atoms with E-state index in [1.807, 2.05) is 0 Å². The minimum Gasteiger partial charge on any atom is -0.399 e. The van der Waals surface area contributed by atoms with Crippen LogP contribution in [0.25, 0.3) is 5.70 Å². The van der Waals surface area contributed by atoms with Gasteiger partial charge in [-0.2, -0.15) is 0 Å². The monoisotopic (exact) mass is 538 g/mol. The Labute approximate surface area is 247 Å². The van der Waals surface area contributed by atoms with Gasteiger partial charge in [-0.05, 0) is 88.8 Å². The van der Waals surface area contributed by atoms with Crippen molar-refractivity contribution < 1.29 is 0 Å². The lowest BCUT2D eigenvalue weighted by atomic mass is 9.35. The number of fused-ring (bicyclic) bond motifs is 1. The lowest BCUT2D eigenvalue weighted by Gasteiger charge is -2.29. The minimum atomic E-state index is 0.0723. The molecule has 2 N–H and O–H groups in total. The lowest BCUT2D eigenvalue weighted by molar-refractivity contribution is 0.845. The second kappa shape index (κ2) is 11.9. The van der Waals surface area contributed by atoms with E-state index in [9.17, 15) is 0 Å². The third kappa shape index (κ3) is 5.26. The summed E-state index contributed by atoms with van der Waals surface area (Å²) in [5, 5.41) is 0. The highest BCUT2D eigenvalue weighted by Crippen LogP contribution is 2.40. The highest BCUT2D eigenvalue weighted by molar-refractivity contribution is 6.94. The predicted octanol–water partition coefficient (Wildman–Crippen LogP) is 8.93. The van der Waals surface area contributed by atoms with Crippen molar-refractivity contribution in [3.8, 4) is 0 Å². The first kappa shape index (κ1) is 28.5. The minimum absolute atomic E-state index is 0.0723. The third-order valence-electron chi connectivity index (χ3n) is 8.35. The summed E-state index contributed by atoms with van der Waals surface area (Å²) in [6, 6.07) is 33.0. The normalized spacial score (nSPS) is 13.3. The summed E-state index contributed by atoms with van der Waals surface area (Å²) < 4.78 is 0. The van der Waals surface area contributed by atoms with Gasteiger partial charge in [-0.1, -0.05) is 119 Å². The van der Waals surface area contributed by atoms with Crippen molar-refractivity contribution in [3.63, 3.8) is 0 Å². The SMILES string of the molecule is C/C=C\C1=C(N)c2c(cc(N(c3ccccc3)c3ccccc3)cc2C(C)C)B1c1c(C(C)C)cccc1C(C)C. The van der Waals surface area contributed by atoms with Crippen molar-refractivity contribution in [2.45, 2.75) is 66.2 Å². The van der Waals surface area contributed by atoms with Crippen LogP contribution in [0.1, 0.15) is 88.5 Å². The second-order valence-electron chi connectivity index (χ2n) is 12.1. The molecule has 0 unspecified atom stereocenters. The zero-order valence-electron chi connectivity index (χ0n) is 25.6. The Morgan fingerprint density at radius 3 is 1.61 bits per heavy atom. The molecule has 0 saturated heterocycles. The van der Waals surface area contributed by atoms with E-state index in [1.165, 1.54) is 38.7 Å². The molecule has 4 aromatic rings. The Morgan fingerprint density at radius 2 is 1.15 bits per heavy atom. The zero-order valence-corrected chi connectivity index (χ0v) is 25.6. The van der Waals surface area contributed by atoms with Crippen LogP contribution in [0.2, 0.25) is 0 Å². The Kier molecular flexibility index (Phi) is 8.26. The van der Waals surface area contributed by atoms with Crippen LogP contribution in [-0.4, -0.2) is 6.71 Å². The van der Waals surface area contributed by atoms with Gasteiger partial charge in [0.2, 0.25) is 6.71 Å². The van der Waals surface area contributed by atoms with Crippen LogP contribution >= 0.6 is 0 Å². The van der Waals surface area contributed by atoms with Crippen LogP contribution in [-0.2, 0) is 0 Å². The van der Waals surface area contributed by atoms with E-state index >= 15 is 0 Å². The quantitative estimate of drug-likeness (QED) is 0.227. The number of hydrogen-bond donors (Lipinski definition) is 1. The molecule has 41 heavy (non-hydrogen) atoms. The summed E-state index contributed by atoms with van der Waals surface area (Å²) in [6.07, 6.45) is 4.39. The van der Waals surface area contributed by atoms with Gasteiger partial charge >= 0.3 is 0 Å². The highest BCUT2D eigenvalue weighted by atomic mass is 15.1. The molecule has 0 amide bonds. The van der Waals surface area contributed by atoms with E-state index in [-0.39, 0.29) is 6.71 Å². The fourth-order valence-electron chi connectivity index (χ4n) is 6.48. The first-order valence-electron chi connectivity index (χ1n) is 15.1. The number of rotatable bonds is 8. The summed E-state index contributed by atoms with van der Waals surface area (Å²) in [7, 11) is 0. The lowest BCUT2D eigenvalue weighted by Crippen LogP contribution is -2.46. The topological polar surface area (TPSA) is 29.3 Å². The molecule has 1 aliphatic rings. The van der Waals surface area contributed by atoms with Crippen LogP contribution in [0.4, 0.5) is 17.1 Å². The molecule has 1 heterocycles. The van der Waals surface area contributed by atoms with Crippen molar-refractivity contribution in [3.05, 3.63) is 131 Å². The fraction of sp³-hybridized carbons (Fsp3) is 0.263. The number of nitrogens with two attached hydrogens (primary N) is 1. The molecule has 0 bridgehead atoms. The van der Waals surface area contributed by atoms with Gasteiger partial charge in [-0.25, -0.2) is 0 Å². The second-order valence-corrected chi connectivity index (χ2v) is 12.1. The fourth-order valence-corrected chi connectivity index (χ4v) is 6.48. The number of para-hydroxylation sites is 2. The van der Waals surface area contributed by atoms with E-state index < -0.39 is 0 Å². The molecule has 3 heteroatoms. The van der Waals surface area contributed by atoms with Crippen molar-refractivity contribution >= 4 is 40.4 Å². The van der Waals surface area contributed by atoms with Gasteiger partial charge in [-0.3, -0.25) is 0 Å². The van der Waals surface area contributed by atoms with Gasteiger partial charge in [0.1, 0.15) is 0 Å². The third-order valence-corrected chi connectivity index (χ3v) is 8.35. The summed E-state index contributed by atoms with van der Waals surface area (Å²) in [5.74, 6) is 1.11. The first-order valence-corrected chi connectivity index (χ1v) is 15.1. The van der Waals surface area contributed by atoms with Crippen LogP contribution in [0.15, 0.2) is 109 Å². The van der Waals surface area contributed by atoms with Crippen LogP contribution in [0, 0.1) is 0 Å². The molecular formula is C38H43BN2. The number of allylic oxidation sites excluding steroid dienone is 3. The Morgan fingerprint density at radius 1 is 0.634 bits per heavy atom. The van der Waals surface area contributed by atoms with Crippen molar-refractivity contribution in [1.82, 2.24) is 0 Å². The summed E-state index contributed by atoms with van der Waals surface area (Å²) in [4.78, 5) is 2.38. The average molecular weight is 539 g/mol. The number of anilines is 3. The van der Waals surface area contributed by atoms with E-state index in [0.29, 0.717) is 17.8 Å². The summed E-state index contributed by atoms with van der Waals surface area (Å²) >= 11 is 0. The molecule has 4 aromatic carbocycles. The molecule has 2 nitrogen and oxygen atoms in total. The zero-order chi connectivity index (χ0) is 29.3.